The van der Waals surface area contributed by atoms with Crippen molar-refractivity contribution in [2.24, 2.45) is 0 Å². The smallest absolute Gasteiger partial charge is 0.132 e. The fraction of sp³-hybridized carbons (Fsp3) is 0.176. The third kappa shape index (κ3) is 3.11. The number of rotatable bonds is 5. The van der Waals surface area contributed by atoms with Crippen LogP contribution in [0.2, 0.25) is 0 Å². The fourth-order valence-corrected chi connectivity index (χ4v) is 2.46. The number of anilines is 1. The maximum absolute atomic E-state index is 5.95. The third-order valence-electron chi connectivity index (χ3n) is 3.53. The minimum absolute atomic E-state index is 0.544. The summed E-state index contributed by atoms with van der Waals surface area (Å²) in [5.74, 6) is 0.544. The van der Waals surface area contributed by atoms with E-state index in [2.05, 4.69) is 38.8 Å². The normalized spacial score (nSPS) is 10.7. The molecule has 0 saturated carbocycles. The number of nitrogens with two attached hydrogens (primary N) is 1. The van der Waals surface area contributed by atoms with Crippen LogP contribution in [0.4, 0.5) is 5.82 Å². The Kier molecular flexibility index (Phi) is 3.96. The minimum Gasteiger partial charge on any atom is -0.383 e. The molecule has 3 aromatic rings. The van der Waals surface area contributed by atoms with Gasteiger partial charge in [-0.15, -0.1) is 0 Å². The Morgan fingerprint density at radius 1 is 1.05 bits per heavy atom. The van der Waals surface area contributed by atoms with Crippen molar-refractivity contribution in [2.75, 3.05) is 5.73 Å². The predicted molar refractivity (Wildman–Crippen MR) is 84.6 cm³/mol. The Morgan fingerprint density at radius 2 is 1.90 bits per heavy atom. The number of nitrogens with zero attached hydrogens (tertiary/aromatic N) is 3. The summed E-state index contributed by atoms with van der Waals surface area (Å²) in [4.78, 5) is 8.39. The van der Waals surface area contributed by atoms with Crippen LogP contribution in [0.1, 0.15) is 12.0 Å². The van der Waals surface area contributed by atoms with Gasteiger partial charge < -0.3 is 10.3 Å². The Bertz CT molecular complexity index is 704. The van der Waals surface area contributed by atoms with E-state index in [4.69, 9.17) is 5.73 Å². The van der Waals surface area contributed by atoms with Crippen molar-refractivity contribution in [1.29, 1.82) is 0 Å². The van der Waals surface area contributed by atoms with Crippen LogP contribution in [-0.2, 0) is 13.0 Å². The number of hydrogen-bond acceptors (Lipinski definition) is 3. The lowest BCUT2D eigenvalue weighted by molar-refractivity contribution is 0.647. The second-order valence-corrected chi connectivity index (χ2v) is 5.00. The van der Waals surface area contributed by atoms with Crippen molar-refractivity contribution >= 4 is 5.82 Å². The Morgan fingerprint density at radius 3 is 2.71 bits per heavy atom. The number of hydrogen-bond donors (Lipinski definition) is 1. The van der Waals surface area contributed by atoms with Gasteiger partial charge in [0.2, 0.25) is 0 Å². The van der Waals surface area contributed by atoms with Gasteiger partial charge in [-0.25, -0.2) is 9.97 Å². The highest BCUT2D eigenvalue weighted by molar-refractivity contribution is 5.70. The van der Waals surface area contributed by atoms with Crippen LogP contribution in [0.5, 0.6) is 0 Å². The molecule has 0 saturated heterocycles. The molecular weight excluding hydrogens is 260 g/mol. The Balaban J connectivity index is 1.70. The number of aryl methyl sites for hydroxylation is 2. The lowest BCUT2D eigenvalue weighted by atomic mass is 10.1. The van der Waals surface area contributed by atoms with Gasteiger partial charge in [-0.1, -0.05) is 30.3 Å². The molecule has 0 fully saturated rings. The number of imidazole rings is 1. The monoisotopic (exact) mass is 278 g/mol. The molecule has 3 rings (SSSR count). The molecule has 2 N–H and O–H groups in total. The van der Waals surface area contributed by atoms with Crippen molar-refractivity contribution in [3.8, 4) is 11.3 Å². The second-order valence-electron chi connectivity index (χ2n) is 5.00. The number of benzene rings is 1. The lowest BCUT2D eigenvalue weighted by Crippen LogP contribution is -2.02. The zero-order valence-corrected chi connectivity index (χ0v) is 11.8. The lowest BCUT2D eigenvalue weighted by Gasteiger charge is -2.09. The molecule has 1 aromatic carbocycles. The van der Waals surface area contributed by atoms with Crippen LogP contribution in [0, 0.1) is 0 Å². The molecule has 0 radical (unpaired) electrons. The quantitative estimate of drug-likeness (QED) is 0.780. The van der Waals surface area contributed by atoms with E-state index in [-0.39, 0.29) is 0 Å². The maximum Gasteiger partial charge on any atom is 0.132 e. The highest BCUT2D eigenvalue weighted by Gasteiger charge is 2.08. The van der Waals surface area contributed by atoms with Gasteiger partial charge >= 0.3 is 0 Å². The van der Waals surface area contributed by atoms with Crippen molar-refractivity contribution in [1.82, 2.24) is 14.5 Å². The highest BCUT2D eigenvalue weighted by atomic mass is 15.0. The fourth-order valence-electron chi connectivity index (χ4n) is 2.46. The summed E-state index contributed by atoms with van der Waals surface area (Å²) in [5.41, 5.74) is 9.27. The number of pyridine rings is 1. The molecule has 0 aliphatic carbocycles. The first-order valence-corrected chi connectivity index (χ1v) is 7.09. The molecule has 0 bridgehead atoms. The molecule has 0 atom stereocenters. The first-order valence-electron chi connectivity index (χ1n) is 7.09. The molecule has 2 aromatic heterocycles. The van der Waals surface area contributed by atoms with Gasteiger partial charge in [0.15, 0.2) is 0 Å². The molecule has 0 aliphatic heterocycles. The summed E-state index contributed by atoms with van der Waals surface area (Å²) in [7, 11) is 0. The molecule has 106 valence electrons. The topological polar surface area (TPSA) is 56.7 Å². The summed E-state index contributed by atoms with van der Waals surface area (Å²) in [6.07, 6.45) is 7.52. The zero-order chi connectivity index (χ0) is 14.5. The highest BCUT2D eigenvalue weighted by Crippen LogP contribution is 2.23. The van der Waals surface area contributed by atoms with E-state index in [1.807, 2.05) is 30.7 Å². The predicted octanol–water partition coefficient (Wildman–Crippen LogP) is 3.16. The Labute approximate surface area is 124 Å². The van der Waals surface area contributed by atoms with Gasteiger partial charge in [0, 0.05) is 18.3 Å². The average Bonchev–Trinajstić information content (AvgIpc) is 2.97. The zero-order valence-electron chi connectivity index (χ0n) is 11.8. The van der Waals surface area contributed by atoms with E-state index >= 15 is 0 Å². The van der Waals surface area contributed by atoms with E-state index in [1.165, 1.54) is 5.56 Å². The summed E-state index contributed by atoms with van der Waals surface area (Å²) in [5, 5.41) is 0. The average molecular weight is 278 g/mol. The van der Waals surface area contributed by atoms with Gasteiger partial charge in [-0.2, -0.15) is 0 Å². The van der Waals surface area contributed by atoms with Crippen molar-refractivity contribution in [3.05, 3.63) is 66.7 Å². The van der Waals surface area contributed by atoms with Crippen molar-refractivity contribution in [3.63, 3.8) is 0 Å². The van der Waals surface area contributed by atoms with Gasteiger partial charge in [-0.3, -0.25) is 0 Å². The molecule has 0 amide bonds. The molecule has 21 heavy (non-hydrogen) atoms. The van der Waals surface area contributed by atoms with Crippen molar-refractivity contribution < 1.29 is 0 Å². The van der Waals surface area contributed by atoms with E-state index in [9.17, 15) is 0 Å². The Hall–Kier alpha value is -2.62. The standard InChI is InChI=1S/C17H18N4/c18-17-15(9-4-10-20-17)16-12-19-13-21(16)11-5-8-14-6-2-1-3-7-14/h1-4,6-7,9-10,12-13H,5,8,11H2,(H2,18,20). The SMILES string of the molecule is Nc1ncccc1-c1cncn1CCCc1ccccc1. The van der Waals surface area contributed by atoms with Gasteiger partial charge in [0.1, 0.15) is 5.82 Å². The molecule has 0 aliphatic rings. The number of nitrogen functional groups attached to an aromatic ring is 1. The van der Waals surface area contributed by atoms with E-state index in [1.54, 1.807) is 6.20 Å². The minimum atomic E-state index is 0.544. The largest absolute Gasteiger partial charge is 0.383 e. The van der Waals surface area contributed by atoms with Gasteiger partial charge in [0.05, 0.1) is 18.2 Å². The van der Waals surface area contributed by atoms with E-state index in [0.29, 0.717) is 5.82 Å². The van der Waals surface area contributed by atoms with Crippen LogP contribution in [0.25, 0.3) is 11.3 Å². The summed E-state index contributed by atoms with van der Waals surface area (Å²) in [6.45, 7) is 0.915. The van der Waals surface area contributed by atoms with Gasteiger partial charge in [-0.05, 0) is 30.5 Å². The summed E-state index contributed by atoms with van der Waals surface area (Å²) in [6, 6.07) is 14.4. The first-order chi connectivity index (χ1) is 10.3. The maximum atomic E-state index is 5.95. The van der Waals surface area contributed by atoms with Crippen molar-refractivity contribution in [2.45, 2.75) is 19.4 Å². The van der Waals surface area contributed by atoms with Crippen LogP contribution in [-0.4, -0.2) is 14.5 Å². The molecule has 4 nitrogen and oxygen atoms in total. The molecule has 4 heteroatoms. The van der Waals surface area contributed by atoms with Crippen LogP contribution in [0.15, 0.2) is 61.2 Å². The summed E-state index contributed by atoms with van der Waals surface area (Å²) >= 11 is 0. The van der Waals surface area contributed by atoms with Gasteiger partial charge in [0.25, 0.3) is 0 Å². The number of aromatic nitrogens is 3. The third-order valence-corrected chi connectivity index (χ3v) is 3.53. The summed E-state index contributed by atoms with van der Waals surface area (Å²) < 4.78 is 2.14. The molecule has 0 unspecified atom stereocenters. The van der Waals surface area contributed by atoms with Crippen LogP contribution in [0.3, 0.4) is 0 Å². The van der Waals surface area contributed by atoms with E-state index in [0.717, 1.165) is 30.6 Å². The molecular formula is C17H18N4. The van der Waals surface area contributed by atoms with Crippen LogP contribution >= 0.6 is 0 Å². The second kappa shape index (κ2) is 6.22. The van der Waals surface area contributed by atoms with E-state index < -0.39 is 0 Å². The molecule has 0 spiro atoms. The van der Waals surface area contributed by atoms with Crippen LogP contribution < -0.4 is 5.73 Å². The molecule has 2 heterocycles. The first kappa shape index (κ1) is 13.4.